The van der Waals surface area contributed by atoms with E-state index in [0.717, 1.165) is 11.1 Å². The van der Waals surface area contributed by atoms with Gasteiger partial charge in [-0.3, -0.25) is 19.2 Å². The van der Waals surface area contributed by atoms with Gasteiger partial charge in [0.15, 0.2) is 24.8 Å². The second-order valence-corrected chi connectivity index (χ2v) is 21.0. The highest BCUT2D eigenvalue weighted by Crippen LogP contribution is 2.41. The summed E-state index contributed by atoms with van der Waals surface area (Å²) in [4.78, 5) is 56.6. The van der Waals surface area contributed by atoms with Crippen molar-refractivity contribution in [2.24, 2.45) is 16.2 Å². The molecule has 0 aliphatic carbocycles. The Labute approximate surface area is 367 Å². The molecule has 0 saturated carbocycles. The first-order chi connectivity index (χ1) is 28.8. The Kier molecular flexibility index (Phi) is 15.2. The molecule has 0 unspecified atom stereocenters. The van der Waals surface area contributed by atoms with Gasteiger partial charge < -0.3 is 48.5 Å². The SMILES string of the molecule is CCS[C@@H]1O[C@@H]2CO[C@@H](c3ccccc3)O[C@H]2[C@H](OC(=O)C(C)(C)C)[C@H]1NC(=O)C(C)(C)C(=O)N[C@@H]1[C@@H](OC(=O)C(C)(C)C)[C@@H]2O[C@H](c3ccccc3)OC[C@H]2O[C@H]1SCC. The Balaban J connectivity index is 1.28. The van der Waals surface area contributed by atoms with E-state index in [1.54, 1.807) is 41.5 Å². The quantitative estimate of drug-likeness (QED) is 0.186. The van der Waals surface area contributed by atoms with Crippen LogP contribution in [0.15, 0.2) is 60.7 Å². The summed E-state index contributed by atoms with van der Waals surface area (Å²) in [6.07, 6.45) is -6.44. The maximum absolute atomic E-state index is 14.7. The van der Waals surface area contributed by atoms with E-state index in [1.165, 1.54) is 37.4 Å². The molecule has 4 saturated heterocycles. The van der Waals surface area contributed by atoms with E-state index in [9.17, 15) is 19.2 Å². The molecule has 0 aromatic heterocycles. The van der Waals surface area contributed by atoms with Crippen molar-refractivity contribution in [3.63, 3.8) is 0 Å². The summed E-state index contributed by atoms with van der Waals surface area (Å²) in [5.74, 6) is -1.05. The number of benzene rings is 2. The normalized spacial score (nSPS) is 31.8. The van der Waals surface area contributed by atoms with E-state index in [0.29, 0.717) is 11.5 Å². The molecule has 0 spiro atoms. The van der Waals surface area contributed by atoms with Crippen LogP contribution in [0.5, 0.6) is 0 Å². The second kappa shape index (κ2) is 19.7. The summed E-state index contributed by atoms with van der Waals surface area (Å²) in [7, 11) is 0. The maximum atomic E-state index is 14.7. The lowest BCUT2D eigenvalue weighted by Crippen LogP contribution is -2.69. The number of amides is 2. The lowest BCUT2D eigenvalue weighted by Gasteiger charge is -2.50. The van der Waals surface area contributed by atoms with Crippen LogP contribution in [-0.2, 0) is 57.1 Å². The zero-order valence-corrected chi connectivity index (χ0v) is 38.4. The first-order valence-electron chi connectivity index (χ1n) is 21.1. The van der Waals surface area contributed by atoms with Gasteiger partial charge >= 0.3 is 11.9 Å². The molecular weight excluding hydrogens is 825 g/mol. The molecule has 2 amide bonds. The maximum Gasteiger partial charge on any atom is 0.311 e. The Morgan fingerprint density at radius 3 is 1.28 bits per heavy atom. The predicted octanol–water partition coefficient (Wildman–Crippen LogP) is 6.08. The Bertz CT molecular complexity index is 1690. The Morgan fingerprint density at radius 1 is 0.590 bits per heavy atom. The second-order valence-electron chi connectivity index (χ2n) is 18.2. The van der Waals surface area contributed by atoms with Crippen LogP contribution in [0.4, 0.5) is 0 Å². The van der Waals surface area contributed by atoms with E-state index < -0.39 is 112 Å². The third kappa shape index (κ3) is 10.9. The zero-order chi connectivity index (χ0) is 44.3. The topological polar surface area (TPSA) is 166 Å². The van der Waals surface area contributed by atoms with Gasteiger partial charge in [0, 0.05) is 11.1 Å². The smallest absolute Gasteiger partial charge is 0.311 e. The van der Waals surface area contributed by atoms with Gasteiger partial charge in [-0.15, -0.1) is 23.5 Å². The third-order valence-electron chi connectivity index (χ3n) is 10.9. The fourth-order valence-electron chi connectivity index (χ4n) is 7.27. The van der Waals surface area contributed by atoms with E-state index in [1.807, 2.05) is 74.5 Å². The molecule has 2 aromatic carbocycles. The van der Waals surface area contributed by atoms with Crippen LogP contribution < -0.4 is 10.6 Å². The lowest BCUT2D eigenvalue weighted by atomic mass is 9.87. The number of nitrogens with one attached hydrogen (secondary N) is 2. The first-order valence-corrected chi connectivity index (χ1v) is 23.2. The van der Waals surface area contributed by atoms with Gasteiger partial charge in [-0.25, -0.2) is 0 Å². The van der Waals surface area contributed by atoms with Gasteiger partial charge in [0.2, 0.25) is 11.8 Å². The number of ether oxygens (including phenoxy) is 8. The molecule has 4 aliphatic rings. The van der Waals surface area contributed by atoms with Crippen molar-refractivity contribution >= 4 is 47.3 Å². The summed E-state index contributed by atoms with van der Waals surface area (Å²) in [6.45, 7) is 17.8. The van der Waals surface area contributed by atoms with E-state index in [4.69, 9.17) is 37.9 Å². The van der Waals surface area contributed by atoms with Crippen LogP contribution >= 0.6 is 23.5 Å². The van der Waals surface area contributed by atoms with Crippen molar-refractivity contribution in [3.05, 3.63) is 71.8 Å². The molecule has 14 nitrogen and oxygen atoms in total. The largest absolute Gasteiger partial charge is 0.457 e. The Morgan fingerprint density at radius 2 is 0.951 bits per heavy atom. The summed E-state index contributed by atoms with van der Waals surface area (Å²) in [5, 5.41) is 6.14. The van der Waals surface area contributed by atoms with Gasteiger partial charge in [0.05, 0.1) is 24.0 Å². The van der Waals surface area contributed by atoms with Crippen molar-refractivity contribution in [2.75, 3.05) is 24.7 Å². The van der Waals surface area contributed by atoms with Crippen LogP contribution in [-0.4, -0.2) is 108 Å². The molecule has 6 rings (SSSR count). The number of fused-ring (bicyclic) bond motifs is 2. The number of hydrogen-bond acceptors (Lipinski definition) is 14. The highest BCUT2D eigenvalue weighted by molar-refractivity contribution is 8.00. The summed E-state index contributed by atoms with van der Waals surface area (Å²) in [6, 6.07) is 17.0. The minimum Gasteiger partial charge on any atom is -0.457 e. The predicted molar refractivity (Wildman–Crippen MR) is 230 cm³/mol. The molecular formula is C45H62N2O12S2. The molecule has 336 valence electrons. The summed E-state index contributed by atoms with van der Waals surface area (Å²) in [5.41, 5.74) is -3.31. The number of carbonyl (C=O) groups excluding carboxylic acids is 4. The first kappa shape index (κ1) is 47.3. The molecule has 0 bridgehead atoms. The molecule has 16 heteroatoms. The van der Waals surface area contributed by atoms with Crippen LogP contribution in [0.2, 0.25) is 0 Å². The fraction of sp³-hybridized carbons (Fsp3) is 0.644. The monoisotopic (exact) mass is 886 g/mol. The van der Waals surface area contributed by atoms with Crippen molar-refractivity contribution in [2.45, 2.75) is 141 Å². The van der Waals surface area contributed by atoms with Gasteiger partial charge in [0.1, 0.15) is 52.8 Å². The highest BCUT2D eigenvalue weighted by Gasteiger charge is 2.56. The summed E-state index contributed by atoms with van der Waals surface area (Å²) >= 11 is 2.86. The molecule has 2 aromatic rings. The van der Waals surface area contributed by atoms with Crippen LogP contribution in [0.25, 0.3) is 0 Å². The average Bonchev–Trinajstić information content (AvgIpc) is 3.22. The zero-order valence-electron chi connectivity index (χ0n) is 36.7. The van der Waals surface area contributed by atoms with Crippen LogP contribution in [0.1, 0.15) is 92.9 Å². The number of rotatable bonds is 12. The standard InChI is InChI=1S/C45H62N2O12S2/c1-11-60-37-29(33(58-41(50)43(3,4)5)31-27(54-37)23-52-35(56-31)25-19-15-13-16-20-25)46-39(48)45(9,10)40(49)47-30-34(59-42(51)44(6,7)8)32-28(55-38(30)61-12-2)24-53-36(57-32)26-21-17-14-18-22-26/h13-22,27-38H,11-12,23-24H2,1-10H3,(H,46,48)(H,47,49)/t27-,28-,29-,30-,31-,32-,33-,34-,35-,36-,37+,38+/m1/s1. The molecule has 2 N–H and O–H groups in total. The van der Waals surface area contributed by atoms with E-state index in [2.05, 4.69) is 10.6 Å². The van der Waals surface area contributed by atoms with Crippen molar-refractivity contribution in [1.29, 1.82) is 0 Å². The number of esters is 2. The van der Waals surface area contributed by atoms with Gasteiger partial charge in [-0.2, -0.15) is 0 Å². The van der Waals surface area contributed by atoms with Crippen LogP contribution in [0, 0.1) is 16.2 Å². The van der Waals surface area contributed by atoms with Crippen molar-refractivity contribution in [3.8, 4) is 0 Å². The fourth-order valence-corrected chi connectivity index (χ4v) is 9.23. The minimum absolute atomic E-state index is 0.161. The molecule has 12 atom stereocenters. The Hall–Kier alpha value is -3.22. The molecule has 4 fully saturated rings. The minimum atomic E-state index is -1.72. The van der Waals surface area contributed by atoms with Crippen LogP contribution in [0.3, 0.4) is 0 Å². The molecule has 4 aliphatic heterocycles. The van der Waals surface area contributed by atoms with Gasteiger partial charge in [0.25, 0.3) is 0 Å². The summed E-state index contributed by atoms with van der Waals surface area (Å²) < 4.78 is 50.9. The highest BCUT2D eigenvalue weighted by atomic mass is 32.2. The van der Waals surface area contributed by atoms with Gasteiger partial charge in [-0.1, -0.05) is 74.5 Å². The van der Waals surface area contributed by atoms with E-state index in [-0.39, 0.29) is 13.2 Å². The van der Waals surface area contributed by atoms with Crippen molar-refractivity contribution < 1.29 is 57.1 Å². The molecule has 61 heavy (non-hydrogen) atoms. The molecule has 0 radical (unpaired) electrons. The van der Waals surface area contributed by atoms with Crippen molar-refractivity contribution in [1.82, 2.24) is 10.6 Å². The number of thioether (sulfide) groups is 2. The lowest BCUT2D eigenvalue weighted by molar-refractivity contribution is -0.309. The average molecular weight is 887 g/mol. The number of hydrogen-bond donors (Lipinski definition) is 2. The van der Waals surface area contributed by atoms with Gasteiger partial charge in [-0.05, 0) is 66.9 Å². The third-order valence-corrected chi connectivity index (χ3v) is 13.1. The van der Waals surface area contributed by atoms with E-state index >= 15 is 0 Å². The number of carbonyl (C=O) groups is 4. The molecule has 4 heterocycles.